The van der Waals surface area contributed by atoms with E-state index in [2.05, 4.69) is 13.8 Å². The second-order valence-corrected chi connectivity index (χ2v) is 8.59. The van der Waals surface area contributed by atoms with Gasteiger partial charge >= 0.3 is 0 Å². The van der Waals surface area contributed by atoms with Gasteiger partial charge < -0.3 is 14.6 Å². The van der Waals surface area contributed by atoms with Gasteiger partial charge in [-0.3, -0.25) is 0 Å². The second-order valence-electron chi connectivity index (χ2n) is 8.59. The number of ether oxygens (including phenoxy) is 1. The van der Waals surface area contributed by atoms with Crippen LogP contribution in [0.1, 0.15) is 136 Å². The van der Waals surface area contributed by atoms with E-state index in [0.717, 1.165) is 32.1 Å². The summed E-state index contributed by atoms with van der Waals surface area (Å²) < 4.78 is 5.72. The molecule has 0 spiro atoms. The number of carbonyl (C=O) groups excluding carboxylic acids is 1. The fraction of sp³-hybridized carbons (Fsp3) is 0.960. The van der Waals surface area contributed by atoms with Crippen LogP contribution in [0.4, 0.5) is 0 Å². The lowest BCUT2D eigenvalue weighted by atomic mass is 9.95. The van der Waals surface area contributed by atoms with Gasteiger partial charge in [0.1, 0.15) is 0 Å². The highest BCUT2D eigenvalue weighted by Gasteiger charge is 2.18. The summed E-state index contributed by atoms with van der Waals surface area (Å²) in [5, 5.41) is 11.4. The Hall–Kier alpha value is -0.570. The van der Waals surface area contributed by atoms with E-state index in [4.69, 9.17) is 4.74 Å². The Morgan fingerprint density at radius 1 is 0.679 bits per heavy atom. The van der Waals surface area contributed by atoms with Crippen molar-refractivity contribution in [2.24, 2.45) is 5.92 Å². The number of aliphatic carboxylic acids is 1. The number of rotatable bonds is 22. The van der Waals surface area contributed by atoms with Crippen molar-refractivity contribution in [3.05, 3.63) is 0 Å². The Kier molecular flexibility index (Phi) is 20.7. The van der Waals surface area contributed by atoms with Gasteiger partial charge in [0.25, 0.3) is 0 Å². The van der Waals surface area contributed by atoms with Crippen LogP contribution in [0.5, 0.6) is 0 Å². The number of carboxylic acid groups (broad SMARTS) is 1. The maximum absolute atomic E-state index is 11.4. The Bertz CT molecular complexity index is 330. The van der Waals surface area contributed by atoms with Gasteiger partial charge in [0.2, 0.25) is 0 Å². The SMILES string of the molecule is CCCCCCCCCCCCCCCCC(C(=O)[O-])C(C)OCCCCC. The van der Waals surface area contributed by atoms with Crippen molar-refractivity contribution in [2.45, 2.75) is 142 Å². The van der Waals surface area contributed by atoms with E-state index in [9.17, 15) is 9.90 Å². The monoisotopic (exact) mass is 397 g/mol. The normalized spacial score (nSPS) is 13.5. The van der Waals surface area contributed by atoms with Crippen molar-refractivity contribution in [2.75, 3.05) is 6.61 Å². The van der Waals surface area contributed by atoms with Crippen LogP contribution in [0.2, 0.25) is 0 Å². The van der Waals surface area contributed by atoms with E-state index in [1.807, 2.05) is 6.92 Å². The maximum Gasteiger partial charge on any atom is 0.0627 e. The molecule has 0 bridgehead atoms. The molecule has 2 unspecified atom stereocenters. The zero-order valence-electron chi connectivity index (χ0n) is 19.3. The Morgan fingerprint density at radius 2 is 1.07 bits per heavy atom. The first-order valence-electron chi connectivity index (χ1n) is 12.5. The first-order valence-corrected chi connectivity index (χ1v) is 12.5. The van der Waals surface area contributed by atoms with Crippen molar-refractivity contribution >= 4 is 5.97 Å². The third-order valence-electron chi connectivity index (χ3n) is 5.87. The molecule has 168 valence electrons. The topological polar surface area (TPSA) is 49.4 Å². The fourth-order valence-corrected chi connectivity index (χ4v) is 3.84. The van der Waals surface area contributed by atoms with Crippen molar-refractivity contribution in [1.82, 2.24) is 0 Å². The lowest BCUT2D eigenvalue weighted by Gasteiger charge is -2.25. The minimum Gasteiger partial charge on any atom is -0.550 e. The molecule has 0 fully saturated rings. The average Bonchev–Trinajstić information content (AvgIpc) is 2.68. The van der Waals surface area contributed by atoms with E-state index in [-0.39, 0.29) is 6.10 Å². The summed E-state index contributed by atoms with van der Waals surface area (Å²) in [6.45, 7) is 6.98. The fourth-order valence-electron chi connectivity index (χ4n) is 3.84. The van der Waals surface area contributed by atoms with Gasteiger partial charge in [0, 0.05) is 18.5 Å². The van der Waals surface area contributed by atoms with Gasteiger partial charge in [0.05, 0.1) is 6.10 Å². The molecule has 2 atom stereocenters. The predicted octanol–water partition coefficient (Wildman–Crippen LogP) is 6.82. The number of carboxylic acids is 1. The number of hydrogen-bond donors (Lipinski definition) is 0. The molecular weight excluding hydrogens is 348 g/mol. The molecular formula is C25H49O3-. The van der Waals surface area contributed by atoms with Crippen molar-refractivity contribution in [3.63, 3.8) is 0 Å². The summed E-state index contributed by atoms with van der Waals surface area (Å²) in [7, 11) is 0. The van der Waals surface area contributed by atoms with Crippen LogP contribution in [-0.2, 0) is 9.53 Å². The lowest BCUT2D eigenvalue weighted by Crippen LogP contribution is -2.38. The number of unbranched alkanes of at least 4 members (excludes halogenated alkanes) is 15. The van der Waals surface area contributed by atoms with Crippen LogP contribution >= 0.6 is 0 Å². The van der Waals surface area contributed by atoms with Crippen LogP contribution in [0, 0.1) is 5.92 Å². The third-order valence-corrected chi connectivity index (χ3v) is 5.87. The summed E-state index contributed by atoms with van der Waals surface area (Å²) in [6.07, 6.45) is 22.2. The molecule has 0 rings (SSSR count). The molecule has 0 saturated carbocycles. The van der Waals surface area contributed by atoms with Crippen molar-refractivity contribution < 1.29 is 14.6 Å². The summed E-state index contributed by atoms with van der Waals surface area (Å²) >= 11 is 0. The summed E-state index contributed by atoms with van der Waals surface area (Å²) in [4.78, 5) is 11.4. The third kappa shape index (κ3) is 17.5. The molecule has 0 N–H and O–H groups in total. The first kappa shape index (κ1) is 27.4. The molecule has 3 heteroatoms. The van der Waals surface area contributed by atoms with E-state index in [1.165, 1.54) is 77.0 Å². The van der Waals surface area contributed by atoms with Crippen LogP contribution < -0.4 is 5.11 Å². The molecule has 3 nitrogen and oxygen atoms in total. The number of carbonyl (C=O) groups is 1. The van der Waals surface area contributed by atoms with Gasteiger partial charge in [-0.25, -0.2) is 0 Å². The molecule has 0 aromatic rings. The van der Waals surface area contributed by atoms with E-state index < -0.39 is 11.9 Å². The smallest absolute Gasteiger partial charge is 0.0627 e. The molecule has 0 amide bonds. The molecule has 0 aromatic carbocycles. The summed E-state index contributed by atoms with van der Waals surface area (Å²) in [5.41, 5.74) is 0. The summed E-state index contributed by atoms with van der Waals surface area (Å²) in [6, 6.07) is 0. The molecule has 0 aliphatic heterocycles. The zero-order valence-corrected chi connectivity index (χ0v) is 19.3. The first-order chi connectivity index (χ1) is 13.6. The molecule has 0 aliphatic rings. The maximum atomic E-state index is 11.4. The highest BCUT2D eigenvalue weighted by Crippen LogP contribution is 2.18. The van der Waals surface area contributed by atoms with E-state index in [0.29, 0.717) is 13.0 Å². The second kappa shape index (κ2) is 21.1. The number of hydrogen-bond acceptors (Lipinski definition) is 3. The molecule has 0 heterocycles. The molecule has 28 heavy (non-hydrogen) atoms. The van der Waals surface area contributed by atoms with E-state index in [1.54, 1.807) is 0 Å². The van der Waals surface area contributed by atoms with Crippen LogP contribution in [0.3, 0.4) is 0 Å². The highest BCUT2D eigenvalue weighted by atomic mass is 16.5. The Labute approximate surface area is 176 Å². The minimum absolute atomic E-state index is 0.233. The molecule has 0 saturated heterocycles. The Balaban J connectivity index is 3.51. The van der Waals surface area contributed by atoms with Gasteiger partial charge in [-0.1, -0.05) is 117 Å². The van der Waals surface area contributed by atoms with Gasteiger partial charge in [-0.05, 0) is 19.8 Å². The highest BCUT2D eigenvalue weighted by molar-refractivity contribution is 5.68. The van der Waals surface area contributed by atoms with Crippen molar-refractivity contribution in [3.8, 4) is 0 Å². The van der Waals surface area contributed by atoms with E-state index >= 15 is 0 Å². The predicted molar refractivity (Wildman–Crippen MR) is 118 cm³/mol. The standard InChI is InChI=1S/C25H50O3/c1-4-6-8-9-10-11-12-13-14-15-16-17-18-19-21-24(25(26)27)23(3)28-22-20-7-5-2/h23-24H,4-22H2,1-3H3,(H,26,27)/p-1. The quantitative estimate of drug-likeness (QED) is 0.188. The molecule has 0 aliphatic carbocycles. The van der Waals surface area contributed by atoms with Crippen LogP contribution in [0.25, 0.3) is 0 Å². The van der Waals surface area contributed by atoms with Crippen molar-refractivity contribution in [1.29, 1.82) is 0 Å². The minimum atomic E-state index is -0.947. The van der Waals surface area contributed by atoms with Gasteiger partial charge in [-0.15, -0.1) is 0 Å². The van der Waals surface area contributed by atoms with Crippen LogP contribution in [-0.4, -0.2) is 18.7 Å². The zero-order chi connectivity index (χ0) is 20.9. The lowest BCUT2D eigenvalue weighted by molar-refractivity contribution is -0.315. The van der Waals surface area contributed by atoms with Gasteiger partial charge in [-0.2, -0.15) is 0 Å². The van der Waals surface area contributed by atoms with Crippen LogP contribution in [0.15, 0.2) is 0 Å². The average molecular weight is 398 g/mol. The largest absolute Gasteiger partial charge is 0.550 e. The molecule has 0 radical (unpaired) electrons. The summed E-state index contributed by atoms with van der Waals surface area (Å²) in [5.74, 6) is -1.41. The molecule has 0 aromatic heterocycles. The Morgan fingerprint density at radius 3 is 1.50 bits per heavy atom. The van der Waals surface area contributed by atoms with Gasteiger partial charge in [0.15, 0.2) is 0 Å².